The van der Waals surface area contributed by atoms with E-state index in [0.29, 0.717) is 6.04 Å². The fourth-order valence-electron chi connectivity index (χ4n) is 5.05. The van der Waals surface area contributed by atoms with Crippen molar-refractivity contribution in [3.05, 3.63) is 46.5 Å². The number of allylic oxidation sites excluding steroid dienone is 2. The van der Waals surface area contributed by atoms with E-state index in [-0.39, 0.29) is 0 Å². The van der Waals surface area contributed by atoms with Crippen LogP contribution < -0.4 is 0 Å². The van der Waals surface area contributed by atoms with Crippen LogP contribution in [0, 0.1) is 11.8 Å². The van der Waals surface area contributed by atoms with Crippen molar-refractivity contribution in [1.29, 1.82) is 0 Å². The first-order valence-electron chi connectivity index (χ1n) is 9.51. The van der Waals surface area contributed by atoms with Gasteiger partial charge in [-0.25, -0.2) is 0 Å². The van der Waals surface area contributed by atoms with Crippen LogP contribution in [0.1, 0.15) is 62.1 Å². The Morgan fingerprint density at radius 2 is 1.87 bits per heavy atom. The fourth-order valence-corrected chi connectivity index (χ4v) is 5.33. The summed E-state index contributed by atoms with van der Waals surface area (Å²) in [6, 6.07) is 7.13. The number of hydrogen-bond donors (Lipinski definition) is 0. The lowest BCUT2D eigenvalue weighted by Gasteiger charge is -2.42. The van der Waals surface area contributed by atoms with Crippen molar-refractivity contribution in [3.63, 3.8) is 0 Å². The highest BCUT2D eigenvalue weighted by Gasteiger charge is 2.32. The van der Waals surface area contributed by atoms with Crippen LogP contribution in [0.15, 0.2) is 30.4 Å². The topological polar surface area (TPSA) is 3.24 Å². The molecule has 4 rings (SSSR count). The summed E-state index contributed by atoms with van der Waals surface area (Å²) >= 11 is 6.44. The van der Waals surface area contributed by atoms with Gasteiger partial charge in [-0.1, -0.05) is 35.9 Å². The van der Waals surface area contributed by atoms with Gasteiger partial charge in [0.05, 0.1) is 0 Å². The van der Waals surface area contributed by atoms with E-state index in [1.807, 2.05) is 0 Å². The van der Waals surface area contributed by atoms with Gasteiger partial charge >= 0.3 is 0 Å². The molecule has 2 unspecified atom stereocenters. The summed E-state index contributed by atoms with van der Waals surface area (Å²) in [7, 11) is 0. The largest absolute Gasteiger partial charge is 0.296 e. The molecule has 0 spiro atoms. The lowest BCUT2D eigenvalue weighted by atomic mass is 9.78. The lowest BCUT2D eigenvalue weighted by molar-refractivity contribution is 0.104. The number of likely N-dealkylation sites (tertiary alicyclic amines) is 1. The molecule has 1 aromatic carbocycles. The molecule has 2 aliphatic carbocycles. The summed E-state index contributed by atoms with van der Waals surface area (Å²) in [5.74, 6) is 1.78. The van der Waals surface area contributed by atoms with Gasteiger partial charge < -0.3 is 0 Å². The molecule has 23 heavy (non-hydrogen) atoms. The van der Waals surface area contributed by atoms with Crippen LogP contribution in [0.2, 0.25) is 5.02 Å². The summed E-state index contributed by atoms with van der Waals surface area (Å²) in [6.07, 6.45) is 15.6. The third-order valence-corrected chi connectivity index (χ3v) is 6.68. The second-order valence-electron chi connectivity index (χ2n) is 7.61. The molecule has 0 radical (unpaired) electrons. The Hall–Kier alpha value is -0.790. The number of hydrogen-bond acceptors (Lipinski definition) is 1. The number of fused-ring (bicyclic) bond motifs is 1. The molecule has 1 fully saturated rings. The minimum Gasteiger partial charge on any atom is -0.296 e. The Morgan fingerprint density at radius 3 is 2.65 bits per heavy atom. The van der Waals surface area contributed by atoms with Crippen molar-refractivity contribution in [2.24, 2.45) is 11.8 Å². The van der Waals surface area contributed by atoms with Gasteiger partial charge in [-0.2, -0.15) is 0 Å². The summed E-state index contributed by atoms with van der Waals surface area (Å²) in [6.45, 7) is 2.54. The van der Waals surface area contributed by atoms with E-state index < -0.39 is 0 Å². The summed E-state index contributed by atoms with van der Waals surface area (Å²) in [4.78, 5) is 2.75. The monoisotopic (exact) mass is 329 g/mol. The van der Waals surface area contributed by atoms with Crippen molar-refractivity contribution in [2.75, 3.05) is 13.1 Å². The molecule has 0 amide bonds. The van der Waals surface area contributed by atoms with Crippen LogP contribution in [0.5, 0.6) is 0 Å². The molecule has 2 heteroatoms. The average molecular weight is 330 g/mol. The van der Waals surface area contributed by atoms with Crippen molar-refractivity contribution in [3.8, 4) is 0 Å². The molecular formula is C21H28ClN. The second kappa shape index (κ2) is 6.99. The van der Waals surface area contributed by atoms with Gasteiger partial charge in [-0.15, -0.1) is 0 Å². The molecular weight excluding hydrogens is 302 g/mol. The van der Waals surface area contributed by atoms with Crippen molar-refractivity contribution in [1.82, 2.24) is 4.90 Å². The van der Waals surface area contributed by atoms with Gasteiger partial charge in [0.15, 0.2) is 0 Å². The highest BCUT2D eigenvalue weighted by atomic mass is 35.5. The van der Waals surface area contributed by atoms with Crippen molar-refractivity contribution < 1.29 is 0 Å². The third kappa shape index (κ3) is 3.23. The third-order valence-electron chi connectivity index (χ3n) is 6.33. The van der Waals surface area contributed by atoms with Crippen LogP contribution in [0.3, 0.4) is 0 Å². The molecule has 0 bridgehead atoms. The number of rotatable bonds is 2. The Labute approximate surface area is 145 Å². The minimum absolute atomic E-state index is 0.611. The van der Waals surface area contributed by atoms with E-state index in [1.54, 1.807) is 0 Å². The van der Waals surface area contributed by atoms with Gasteiger partial charge in [0.25, 0.3) is 0 Å². The first-order valence-corrected chi connectivity index (χ1v) is 9.89. The highest BCUT2D eigenvalue weighted by molar-refractivity contribution is 6.31. The molecule has 0 saturated carbocycles. The molecule has 2 atom stereocenters. The molecule has 0 aromatic heterocycles. The number of piperidine rings is 1. The predicted molar refractivity (Wildman–Crippen MR) is 97.9 cm³/mol. The van der Waals surface area contributed by atoms with Gasteiger partial charge in [-0.3, -0.25) is 4.90 Å². The zero-order valence-electron chi connectivity index (χ0n) is 14.0. The number of nitrogens with zero attached hydrogens (tertiary/aromatic N) is 1. The van der Waals surface area contributed by atoms with Gasteiger partial charge in [-0.05, 0) is 93.5 Å². The summed E-state index contributed by atoms with van der Waals surface area (Å²) in [5.41, 5.74) is 2.93. The van der Waals surface area contributed by atoms with Gasteiger partial charge in [0.2, 0.25) is 0 Å². The molecule has 1 saturated heterocycles. The van der Waals surface area contributed by atoms with Crippen LogP contribution in [0.25, 0.3) is 0 Å². The lowest BCUT2D eigenvalue weighted by Crippen LogP contribution is -2.39. The SMILES string of the molecule is Clc1cccc2c1CCCC2N1CCC(C2C=CCCC2)CC1. The number of halogens is 1. The van der Waals surface area contributed by atoms with E-state index in [2.05, 4.69) is 35.3 Å². The molecule has 1 aliphatic heterocycles. The Kier molecular flexibility index (Phi) is 4.78. The average Bonchev–Trinajstić information content (AvgIpc) is 2.63. The molecule has 1 nitrogen and oxygen atoms in total. The first kappa shape index (κ1) is 15.7. The van der Waals surface area contributed by atoms with E-state index >= 15 is 0 Å². The fraction of sp³-hybridized carbons (Fsp3) is 0.619. The Balaban J connectivity index is 1.44. The highest BCUT2D eigenvalue weighted by Crippen LogP contribution is 2.40. The van der Waals surface area contributed by atoms with Crippen LogP contribution in [0.4, 0.5) is 0 Å². The maximum atomic E-state index is 6.44. The maximum absolute atomic E-state index is 6.44. The summed E-state index contributed by atoms with van der Waals surface area (Å²) < 4.78 is 0. The zero-order chi connectivity index (χ0) is 15.6. The molecule has 1 aromatic rings. The van der Waals surface area contributed by atoms with Gasteiger partial charge in [0.1, 0.15) is 0 Å². The van der Waals surface area contributed by atoms with Crippen LogP contribution >= 0.6 is 11.6 Å². The quantitative estimate of drug-likeness (QED) is 0.621. The van der Waals surface area contributed by atoms with E-state index in [4.69, 9.17) is 11.6 Å². The van der Waals surface area contributed by atoms with E-state index in [9.17, 15) is 0 Å². The van der Waals surface area contributed by atoms with Crippen LogP contribution in [-0.4, -0.2) is 18.0 Å². The van der Waals surface area contributed by atoms with Gasteiger partial charge in [0, 0.05) is 11.1 Å². The number of benzene rings is 1. The summed E-state index contributed by atoms with van der Waals surface area (Å²) in [5, 5.41) is 0.981. The van der Waals surface area contributed by atoms with E-state index in [1.165, 1.54) is 69.2 Å². The van der Waals surface area contributed by atoms with Crippen LogP contribution in [-0.2, 0) is 6.42 Å². The second-order valence-corrected chi connectivity index (χ2v) is 8.02. The molecule has 1 heterocycles. The smallest absolute Gasteiger partial charge is 0.0441 e. The van der Waals surface area contributed by atoms with Crippen molar-refractivity contribution in [2.45, 2.75) is 57.4 Å². The molecule has 124 valence electrons. The first-order chi connectivity index (χ1) is 11.3. The standard InChI is InChI=1S/C21H28ClN/c22-20-10-4-9-19-18(20)8-5-11-21(19)23-14-12-17(13-15-23)16-6-2-1-3-7-16/h2,4,6,9-10,16-17,21H,1,3,5,7-8,11-15H2. The zero-order valence-corrected chi connectivity index (χ0v) is 14.8. The molecule has 3 aliphatic rings. The van der Waals surface area contributed by atoms with E-state index in [0.717, 1.165) is 23.3 Å². The Bertz CT molecular complexity index is 571. The molecule has 0 N–H and O–H groups in total. The maximum Gasteiger partial charge on any atom is 0.0441 e. The van der Waals surface area contributed by atoms with Crippen molar-refractivity contribution >= 4 is 11.6 Å². The minimum atomic E-state index is 0.611. The normalized spacial score (nSPS) is 29.4. The Morgan fingerprint density at radius 1 is 1.00 bits per heavy atom. The predicted octanol–water partition coefficient (Wildman–Crippen LogP) is 5.79.